The van der Waals surface area contributed by atoms with Gasteiger partial charge in [0.15, 0.2) is 0 Å². The van der Waals surface area contributed by atoms with Crippen molar-refractivity contribution in [3.8, 4) is 0 Å². The zero-order valence-corrected chi connectivity index (χ0v) is 19.9. The van der Waals surface area contributed by atoms with Gasteiger partial charge in [0.1, 0.15) is 12.1 Å². The quantitative estimate of drug-likeness (QED) is 0.327. The summed E-state index contributed by atoms with van der Waals surface area (Å²) in [6.07, 6.45) is 8.92. The van der Waals surface area contributed by atoms with Crippen molar-refractivity contribution in [2.75, 3.05) is 7.05 Å². The van der Waals surface area contributed by atoms with Gasteiger partial charge in [-0.1, -0.05) is 70.0 Å². The molecule has 5 atom stereocenters. The molecule has 1 fully saturated rings. The fraction of sp³-hybridized carbons (Fsp3) is 0.630. The Balaban J connectivity index is 2.29. The fourth-order valence-electron chi connectivity index (χ4n) is 4.63. The Morgan fingerprint density at radius 2 is 1.71 bits per heavy atom. The topological polar surface area (TPSA) is 46.6 Å². The molecule has 0 aliphatic carbocycles. The smallest absolute Gasteiger partial charge is 0.329 e. The second-order valence-corrected chi connectivity index (χ2v) is 9.59. The van der Waals surface area contributed by atoms with E-state index < -0.39 is 6.04 Å². The summed E-state index contributed by atoms with van der Waals surface area (Å²) < 4.78 is 6.08. The van der Waals surface area contributed by atoms with Crippen LogP contribution in [-0.4, -0.2) is 36.0 Å². The van der Waals surface area contributed by atoms with Crippen LogP contribution in [-0.2, 0) is 20.7 Å². The number of ether oxygens (including phenoxy) is 1. The Morgan fingerprint density at radius 1 is 1.06 bits per heavy atom. The van der Waals surface area contributed by atoms with E-state index in [0.717, 1.165) is 50.5 Å². The lowest BCUT2D eigenvalue weighted by atomic mass is 9.88. The van der Waals surface area contributed by atoms with E-state index in [1.54, 1.807) is 11.9 Å². The number of esters is 1. The van der Waals surface area contributed by atoms with Crippen LogP contribution in [0.5, 0.6) is 0 Å². The van der Waals surface area contributed by atoms with Gasteiger partial charge in [-0.2, -0.15) is 0 Å². The molecule has 0 radical (unpaired) electrons. The standard InChI is InChI=1S/C27H41NO3/c1-6-7-9-14-24-18-21(3)16-15-20(2)17-22(4)26(29)28(5)25(27(30)31-24)19-23-12-10-8-11-13-23/h6,8,10-13,20-22,24-25H,1,7,9,14-19H2,2-5H3/t20-,21-,22-,24-,25+/m1/s1. The number of carbonyl (C=O) groups is 2. The number of hydrogen-bond acceptors (Lipinski definition) is 3. The number of nitrogens with zero attached hydrogens (tertiary/aromatic N) is 1. The number of hydrogen-bond donors (Lipinski definition) is 0. The minimum Gasteiger partial charge on any atom is -0.461 e. The summed E-state index contributed by atoms with van der Waals surface area (Å²) in [7, 11) is 1.76. The van der Waals surface area contributed by atoms with E-state index in [9.17, 15) is 9.59 Å². The first-order valence-corrected chi connectivity index (χ1v) is 11.9. The van der Waals surface area contributed by atoms with Crippen LogP contribution >= 0.6 is 0 Å². The van der Waals surface area contributed by atoms with E-state index >= 15 is 0 Å². The summed E-state index contributed by atoms with van der Waals surface area (Å²) in [5.74, 6) is 0.612. The highest BCUT2D eigenvalue weighted by Crippen LogP contribution is 2.27. The number of allylic oxidation sites excluding steroid dienone is 1. The molecular formula is C27H41NO3. The molecule has 0 unspecified atom stereocenters. The van der Waals surface area contributed by atoms with Gasteiger partial charge in [-0.25, -0.2) is 4.79 Å². The molecule has 1 amide bonds. The van der Waals surface area contributed by atoms with Crippen LogP contribution in [0.4, 0.5) is 0 Å². The molecule has 1 aromatic carbocycles. The maximum Gasteiger partial charge on any atom is 0.329 e. The van der Waals surface area contributed by atoms with Crippen molar-refractivity contribution >= 4 is 11.9 Å². The zero-order valence-electron chi connectivity index (χ0n) is 19.9. The van der Waals surface area contributed by atoms with Gasteiger partial charge in [0.2, 0.25) is 5.91 Å². The predicted octanol–water partition coefficient (Wildman–Crippen LogP) is 5.81. The largest absolute Gasteiger partial charge is 0.461 e. The highest BCUT2D eigenvalue weighted by molar-refractivity contribution is 5.85. The molecule has 1 heterocycles. The number of carbonyl (C=O) groups excluding carboxylic acids is 2. The van der Waals surface area contributed by atoms with E-state index in [1.807, 2.05) is 43.3 Å². The Kier molecular flexibility index (Phi) is 10.3. The molecule has 1 aliphatic heterocycles. The number of unbranched alkanes of at least 4 members (excludes halogenated alkanes) is 1. The summed E-state index contributed by atoms with van der Waals surface area (Å²) in [4.78, 5) is 28.2. The number of benzene rings is 1. The molecule has 1 aromatic rings. The predicted molar refractivity (Wildman–Crippen MR) is 127 cm³/mol. The Morgan fingerprint density at radius 3 is 2.35 bits per heavy atom. The molecule has 172 valence electrons. The summed E-state index contributed by atoms with van der Waals surface area (Å²) >= 11 is 0. The lowest BCUT2D eigenvalue weighted by Gasteiger charge is -2.31. The lowest BCUT2D eigenvalue weighted by Crippen LogP contribution is -2.47. The van der Waals surface area contributed by atoms with Crippen molar-refractivity contribution in [3.63, 3.8) is 0 Å². The summed E-state index contributed by atoms with van der Waals surface area (Å²) in [6, 6.07) is 9.29. The molecule has 0 bridgehead atoms. The van der Waals surface area contributed by atoms with Crippen LogP contribution in [0.1, 0.15) is 71.3 Å². The second kappa shape index (κ2) is 12.7. The van der Waals surface area contributed by atoms with Crippen molar-refractivity contribution in [1.29, 1.82) is 0 Å². The van der Waals surface area contributed by atoms with Crippen molar-refractivity contribution in [2.45, 2.75) is 84.3 Å². The van der Waals surface area contributed by atoms with Crippen LogP contribution in [0.25, 0.3) is 0 Å². The molecule has 0 spiro atoms. The summed E-state index contributed by atoms with van der Waals surface area (Å²) in [6.45, 7) is 10.3. The number of likely N-dealkylation sites (N-methyl/N-ethyl adjacent to an activating group) is 1. The van der Waals surface area contributed by atoms with Crippen LogP contribution in [0.2, 0.25) is 0 Å². The van der Waals surface area contributed by atoms with Crippen molar-refractivity contribution in [1.82, 2.24) is 4.90 Å². The molecule has 2 rings (SSSR count). The highest BCUT2D eigenvalue weighted by Gasteiger charge is 2.33. The molecule has 0 N–H and O–H groups in total. The number of rotatable bonds is 6. The maximum atomic E-state index is 13.4. The molecule has 4 nitrogen and oxygen atoms in total. The first kappa shape index (κ1) is 25.2. The Labute approximate surface area is 189 Å². The Bertz CT molecular complexity index is 702. The van der Waals surface area contributed by atoms with E-state index in [1.165, 1.54) is 0 Å². The first-order valence-electron chi connectivity index (χ1n) is 11.9. The van der Waals surface area contributed by atoms with Crippen molar-refractivity contribution < 1.29 is 14.3 Å². The second-order valence-electron chi connectivity index (χ2n) is 9.59. The molecule has 1 aliphatic rings. The third-order valence-electron chi connectivity index (χ3n) is 6.57. The minimum atomic E-state index is -0.606. The average Bonchev–Trinajstić information content (AvgIpc) is 2.75. The number of cyclic esters (lactones) is 1. The first-order chi connectivity index (χ1) is 14.8. The van der Waals surface area contributed by atoms with E-state index in [2.05, 4.69) is 20.4 Å². The molecule has 1 saturated heterocycles. The highest BCUT2D eigenvalue weighted by atomic mass is 16.5. The zero-order chi connectivity index (χ0) is 22.8. The monoisotopic (exact) mass is 427 g/mol. The lowest BCUT2D eigenvalue weighted by molar-refractivity contribution is -0.160. The van der Waals surface area contributed by atoms with E-state index in [-0.39, 0.29) is 23.9 Å². The minimum absolute atomic E-state index is 0.0280. The van der Waals surface area contributed by atoms with Crippen molar-refractivity contribution in [3.05, 3.63) is 48.6 Å². The third kappa shape index (κ3) is 8.16. The van der Waals surface area contributed by atoms with E-state index in [4.69, 9.17) is 4.74 Å². The number of amides is 1. The average molecular weight is 428 g/mol. The van der Waals surface area contributed by atoms with Crippen LogP contribution in [0.15, 0.2) is 43.0 Å². The van der Waals surface area contributed by atoms with Gasteiger partial charge in [0.25, 0.3) is 0 Å². The van der Waals surface area contributed by atoms with Gasteiger partial charge in [0.05, 0.1) is 0 Å². The van der Waals surface area contributed by atoms with E-state index in [0.29, 0.717) is 18.3 Å². The summed E-state index contributed by atoms with van der Waals surface area (Å²) in [5.41, 5.74) is 1.03. The van der Waals surface area contributed by atoms with Crippen LogP contribution in [0, 0.1) is 17.8 Å². The molecule has 31 heavy (non-hydrogen) atoms. The van der Waals surface area contributed by atoms with Gasteiger partial charge in [-0.3, -0.25) is 4.79 Å². The Hall–Kier alpha value is -2.10. The SMILES string of the molecule is C=CCCC[C@@H]1C[C@H](C)CC[C@@H](C)C[C@@H](C)C(=O)N(C)[C@@H](Cc2ccccc2)C(=O)O1. The fourth-order valence-corrected chi connectivity index (χ4v) is 4.63. The summed E-state index contributed by atoms with van der Waals surface area (Å²) in [5, 5.41) is 0. The normalized spacial score (nSPS) is 28.8. The third-order valence-corrected chi connectivity index (χ3v) is 6.57. The van der Waals surface area contributed by atoms with Crippen molar-refractivity contribution in [2.24, 2.45) is 17.8 Å². The molecule has 0 saturated carbocycles. The molecule has 0 aromatic heterocycles. The van der Waals surface area contributed by atoms with Gasteiger partial charge in [-0.05, 0) is 49.5 Å². The van der Waals surface area contributed by atoms with Crippen LogP contribution < -0.4 is 0 Å². The van der Waals surface area contributed by atoms with Crippen LogP contribution in [0.3, 0.4) is 0 Å². The molecular weight excluding hydrogens is 386 g/mol. The molecule has 4 heteroatoms. The van der Waals surface area contributed by atoms with Gasteiger partial charge in [0, 0.05) is 19.4 Å². The van der Waals surface area contributed by atoms with Gasteiger partial charge < -0.3 is 9.64 Å². The van der Waals surface area contributed by atoms with Gasteiger partial charge in [-0.15, -0.1) is 6.58 Å². The maximum absolute atomic E-state index is 13.4. The van der Waals surface area contributed by atoms with Gasteiger partial charge >= 0.3 is 5.97 Å².